The molecule has 1 atom stereocenters. The highest BCUT2D eigenvalue weighted by atomic mass is 16.5. The monoisotopic (exact) mass is 372 g/mol. The predicted molar refractivity (Wildman–Crippen MR) is 105 cm³/mol. The van der Waals surface area contributed by atoms with Gasteiger partial charge in [0.05, 0.1) is 0 Å². The number of carbonyl (C=O) groups excluding carboxylic acids is 2. The van der Waals surface area contributed by atoms with E-state index in [-0.39, 0.29) is 12.5 Å². The topological polar surface area (TPSA) is 58.6 Å². The number of carbonyl (C=O) groups is 2. The van der Waals surface area contributed by atoms with Gasteiger partial charge in [-0.25, -0.2) is 4.79 Å². The number of alkyl carbamates (subject to hydrolysis) is 1. The van der Waals surface area contributed by atoms with Gasteiger partial charge in [0, 0.05) is 13.1 Å². The molecule has 5 heteroatoms. The molecule has 1 aliphatic heterocycles. The van der Waals surface area contributed by atoms with Crippen LogP contribution < -0.4 is 5.32 Å². The smallest absolute Gasteiger partial charge is 0.408 e. The number of likely N-dealkylation sites (tertiary alicyclic amines) is 1. The van der Waals surface area contributed by atoms with Crippen LogP contribution in [-0.2, 0) is 16.1 Å². The van der Waals surface area contributed by atoms with Gasteiger partial charge >= 0.3 is 6.09 Å². The lowest BCUT2D eigenvalue weighted by molar-refractivity contribution is -0.137. The first-order chi connectivity index (χ1) is 13.0. The standard InChI is InChI=1S/C22H32N2O3/c1-17(2)15-19(23-21(26)27-16-18-7-4-3-5-8-18)20(25)24-13-11-22(12-14-24)9-6-10-22/h3-5,7-8,17,19H,6,9-16H2,1-2H3,(H,23,26)/t19-/m1/s1. The quantitative estimate of drug-likeness (QED) is 0.817. The van der Waals surface area contributed by atoms with Gasteiger partial charge in [-0.2, -0.15) is 0 Å². The van der Waals surface area contributed by atoms with Gasteiger partial charge in [0.1, 0.15) is 12.6 Å². The summed E-state index contributed by atoms with van der Waals surface area (Å²) in [7, 11) is 0. The van der Waals surface area contributed by atoms with Crippen LogP contribution >= 0.6 is 0 Å². The molecular formula is C22H32N2O3. The van der Waals surface area contributed by atoms with Crippen LogP contribution in [-0.4, -0.2) is 36.0 Å². The van der Waals surface area contributed by atoms with Gasteiger partial charge in [0.15, 0.2) is 0 Å². The van der Waals surface area contributed by atoms with Crippen LogP contribution in [0.2, 0.25) is 0 Å². The van der Waals surface area contributed by atoms with Crippen LogP contribution in [0.3, 0.4) is 0 Å². The summed E-state index contributed by atoms with van der Waals surface area (Å²) in [5, 5.41) is 2.81. The summed E-state index contributed by atoms with van der Waals surface area (Å²) in [6, 6.07) is 9.05. The Morgan fingerprint density at radius 2 is 1.78 bits per heavy atom. The molecular weight excluding hydrogens is 340 g/mol. The summed E-state index contributed by atoms with van der Waals surface area (Å²) in [4.78, 5) is 27.2. The Hall–Kier alpha value is -2.04. The Balaban J connectivity index is 1.52. The molecule has 1 N–H and O–H groups in total. The Bertz CT molecular complexity index is 630. The van der Waals surface area contributed by atoms with Crippen molar-refractivity contribution >= 4 is 12.0 Å². The second-order valence-corrected chi connectivity index (χ2v) is 8.57. The SMILES string of the molecule is CC(C)C[C@@H](NC(=O)OCc1ccccc1)C(=O)N1CCC2(CCC2)CC1. The van der Waals surface area contributed by atoms with Crippen LogP contribution in [0.15, 0.2) is 30.3 Å². The van der Waals surface area contributed by atoms with Crippen LogP contribution in [0.4, 0.5) is 4.79 Å². The molecule has 5 nitrogen and oxygen atoms in total. The van der Waals surface area contributed by atoms with Gasteiger partial charge < -0.3 is 15.0 Å². The van der Waals surface area contributed by atoms with Gasteiger partial charge in [-0.1, -0.05) is 50.6 Å². The van der Waals surface area contributed by atoms with E-state index in [0.717, 1.165) is 31.5 Å². The highest BCUT2D eigenvalue weighted by molar-refractivity contribution is 5.85. The molecule has 1 saturated heterocycles. The fourth-order valence-electron chi connectivity index (χ4n) is 4.20. The average Bonchev–Trinajstić information content (AvgIpc) is 2.64. The zero-order chi connectivity index (χ0) is 19.3. The number of rotatable bonds is 6. The van der Waals surface area contributed by atoms with Crippen molar-refractivity contribution in [3.63, 3.8) is 0 Å². The van der Waals surface area contributed by atoms with Crippen LogP contribution in [0.1, 0.15) is 57.9 Å². The van der Waals surface area contributed by atoms with E-state index in [2.05, 4.69) is 19.2 Å². The van der Waals surface area contributed by atoms with Gasteiger partial charge in [0.2, 0.25) is 5.91 Å². The van der Waals surface area contributed by atoms with Crippen molar-refractivity contribution in [2.24, 2.45) is 11.3 Å². The Kier molecular flexibility index (Phi) is 6.40. The zero-order valence-corrected chi connectivity index (χ0v) is 16.6. The lowest BCUT2D eigenvalue weighted by atomic mass is 9.63. The lowest BCUT2D eigenvalue weighted by Crippen LogP contribution is -2.53. The highest BCUT2D eigenvalue weighted by Crippen LogP contribution is 2.48. The second kappa shape index (κ2) is 8.77. The molecule has 27 heavy (non-hydrogen) atoms. The van der Waals surface area contributed by atoms with E-state index in [4.69, 9.17) is 4.74 Å². The summed E-state index contributed by atoms with van der Waals surface area (Å²) in [5.74, 6) is 0.352. The van der Waals surface area contributed by atoms with Gasteiger partial charge in [-0.3, -0.25) is 4.79 Å². The van der Waals surface area contributed by atoms with Crippen LogP contribution in [0.25, 0.3) is 0 Å². The molecule has 2 aliphatic rings. The van der Waals surface area contributed by atoms with Crippen molar-refractivity contribution in [3.05, 3.63) is 35.9 Å². The third-order valence-corrected chi connectivity index (χ3v) is 6.06. The first-order valence-electron chi connectivity index (χ1n) is 10.2. The van der Waals surface area contributed by atoms with Crippen molar-refractivity contribution < 1.29 is 14.3 Å². The number of hydrogen-bond donors (Lipinski definition) is 1. The molecule has 0 radical (unpaired) electrons. The number of piperidine rings is 1. The molecule has 1 aliphatic carbocycles. The maximum absolute atomic E-state index is 13.0. The average molecular weight is 373 g/mol. The molecule has 0 bridgehead atoms. The number of benzene rings is 1. The molecule has 1 saturated carbocycles. The van der Waals surface area contributed by atoms with E-state index in [9.17, 15) is 9.59 Å². The maximum Gasteiger partial charge on any atom is 0.408 e. The highest BCUT2D eigenvalue weighted by Gasteiger charge is 2.41. The second-order valence-electron chi connectivity index (χ2n) is 8.57. The predicted octanol–water partition coefficient (Wildman–Crippen LogP) is 4.12. The lowest BCUT2D eigenvalue weighted by Gasteiger charge is -2.48. The molecule has 1 heterocycles. The van der Waals surface area contributed by atoms with Gasteiger partial charge in [-0.05, 0) is 49.0 Å². The summed E-state index contributed by atoms with van der Waals surface area (Å²) < 4.78 is 5.32. The maximum atomic E-state index is 13.0. The fraction of sp³-hybridized carbons (Fsp3) is 0.636. The summed E-state index contributed by atoms with van der Waals surface area (Å²) in [6.07, 6.45) is 6.27. The normalized spacial score (nSPS) is 19.4. The summed E-state index contributed by atoms with van der Waals surface area (Å²) >= 11 is 0. The van der Waals surface area contributed by atoms with Crippen LogP contribution in [0.5, 0.6) is 0 Å². The van der Waals surface area contributed by atoms with Crippen molar-refractivity contribution in [1.29, 1.82) is 0 Å². The van der Waals surface area contributed by atoms with E-state index in [1.807, 2.05) is 35.2 Å². The Labute approximate surface area is 162 Å². The number of nitrogens with one attached hydrogen (secondary N) is 1. The first-order valence-corrected chi connectivity index (χ1v) is 10.2. The van der Waals surface area contributed by atoms with Gasteiger partial charge in [0.25, 0.3) is 0 Å². The minimum atomic E-state index is -0.523. The Morgan fingerprint density at radius 1 is 1.11 bits per heavy atom. The molecule has 1 aromatic carbocycles. The number of hydrogen-bond acceptors (Lipinski definition) is 3. The minimum absolute atomic E-state index is 0.0366. The minimum Gasteiger partial charge on any atom is -0.445 e. The molecule has 2 amide bonds. The molecule has 1 spiro atoms. The van der Waals surface area contributed by atoms with Crippen molar-refractivity contribution in [3.8, 4) is 0 Å². The number of amides is 2. The number of ether oxygens (including phenoxy) is 1. The molecule has 0 aromatic heterocycles. The Morgan fingerprint density at radius 3 is 2.33 bits per heavy atom. The van der Waals surface area contributed by atoms with Gasteiger partial charge in [-0.15, -0.1) is 0 Å². The molecule has 1 aromatic rings. The number of nitrogens with zero attached hydrogens (tertiary/aromatic N) is 1. The third kappa shape index (κ3) is 5.24. The van der Waals surface area contributed by atoms with E-state index in [1.54, 1.807) is 0 Å². The van der Waals surface area contributed by atoms with E-state index < -0.39 is 12.1 Å². The van der Waals surface area contributed by atoms with Crippen molar-refractivity contribution in [2.45, 2.75) is 65.0 Å². The third-order valence-electron chi connectivity index (χ3n) is 6.06. The van der Waals surface area contributed by atoms with Crippen molar-refractivity contribution in [1.82, 2.24) is 10.2 Å². The largest absolute Gasteiger partial charge is 0.445 e. The zero-order valence-electron chi connectivity index (χ0n) is 16.6. The van der Waals surface area contributed by atoms with E-state index in [1.165, 1.54) is 19.3 Å². The van der Waals surface area contributed by atoms with Crippen LogP contribution in [0, 0.1) is 11.3 Å². The first kappa shape index (κ1) is 19.7. The molecule has 0 unspecified atom stereocenters. The summed E-state index contributed by atoms with van der Waals surface area (Å²) in [6.45, 7) is 5.97. The fourth-order valence-corrected chi connectivity index (χ4v) is 4.20. The molecule has 2 fully saturated rings. The molecule has 3 rings (SSSR count). The molecule has 148 valence electrons. The van der Waals surface area contributed by atoms with E-state index >= 15 is 0 Å². The van der Waals surface area contributed by atoms with Crippen molar-refractivity contribution in [2.75, 3.05) is 13.1 Å². The van der Waals surface area contributed by atoms with E-state index in [0.29, 0.717) is 17.8 Å². The summed E-state index contributed by atoms with van der Waals surface area (Å²) in [5.41, 5.74) is 1.44.